The summed E-state index contributed by atoms with van der Waals surface area (Å²) in [5.74, 6) is -0.476. The van der Waals surface area contributed by atoms with Crippen LogP contribution in [0.25, 0.3) is 0 Å². The molecule has 1 N–H and O–H groups in total. The Balaban J connectivity index is 1.64. The van der Waals surface area contributed by atoms with Gasteiger partial charge in [-0.15, -0.1) is 6.58 Å². The van der Waals surface area contributed by atoms with Crippen molar-refractivity contribution in [2.45, 2.75) is 45.1 Å². The van der Waals surface area contributed by atoms with E-state index in [1.807, 2.05) is 30.9 Å². The van der Waals surface area contributed by atoms with E-state index < -0.39 is 11.6 Å². The molecule has 8 heteroatoms. The highest BCUT2D eigenvalue weighted by Crippen LogP contribution is 2.37. The highest BCUT2D eigenvalue weighted by molar-refractivity contribution is 6.17. The Morgan fingerprint density at radius 1 is 1.21 bits per heavy atom. The summed E-state index contributed by atoms with van der Waals surface area (Å²) in [6, 6.07) is 9.29. The van der Waals surface area contributed by atoms with Crippen LogP contribution >= 0.6 is 0 Å². The van der Waals surface area contributed by atoms with Crippen molar-refractivity contribution >= 4 is 23.0 Å². The number of halogens is 2. The highest BCUT2D eigenvalue weighted by atomic mass is 19.1. The number of ether oxygens (including phenoxy) is 1. The lowest BCUT2D eigenvalue weighted by Crippen LogP contribution is -2.38. The van der Waals surface area contributed by atoms with Gasteiger partial charge in [-0.05, 0) is 94.6 Å². The molecule has 2 aliphatic rings. The highest BCUT2D eigenvalue weighted by Gasteiger charge is 2.26. The van der Waals surface area contributed by atoms with E-state index in [-0.39, 0.29) is 29.0 Å². The van der Waals surface area contributed by atoms with E-state index >= 15 is 4.39 Å². The van der Waals surface area contributed by atoms with Crippen LogP contribution in [0.2, 0.25) is 0 Å². The predicted octanol–water partition coefficient (Wildman–Crippen LogP) is 6.34. The first-order valence-electron chi connectivity index (χ1n) is 13.5. The molecule has 0 unspecified atom stereocenters. The summed E-state index contributed by atoms with van der Waals surface area (Å²) in [6.45, 7) is 14.6. The fraction of sp³-hybridized carbons (Fsp3) is 0.419. The number of guanidine groups is 1. The summed E-state index contributed by atoms with van der Waals surface area (Å²) < 4.78 is 35.4. The molecule has 6 nitrogen and oxygen atoms in total. The molecule has 2 aromatic rings. The Labute approximate surface area is 230 Å². The van der Waals surface area contributed by atoms with E-state index in [1.165, 1.54) is 17.2 Å². The third-order valence-electron chi connectivity index (χ3n) is 7.42. The molecule has 0 amide bonds. The summed E-state index contributed by atoms with van der Waals surface area (Å²) in [5.41, 5.74) is 4.07. The summed E-state index contributed by atoms with van der Waals surface area (Å²) in [4.78, 5) is 13.1. The third kappa shape index (κ3) is 6.56. The van der Waals surface area contributed by atoms with E-state index in [0.29, 0.717) is 24.8 Å². The summed E-state index contributed by atoms with van der Waals surface area (Å²) >= 11 is 0. The van der Waals surface area contributed by atoms with Crippen molar-refractivity contribution in [3.8, 4) is 5.75 Å². The molecule has 0 aromatic heterocycles. The van der Waals surface area contributed by atoms with Crippen LogP contribution in [0.3, 0.4) is 0 Å². The molecule has 1 fully saturated rings. The van der Waals surface area contributed by atoms with E-state index in [9.17, 15) is 4.39 Å². The fourth-order valence-electron chi connectivity index (χ4n) is 5.36. The summed E-state index contributed by atoms with van der Waals surface area (Å²) in [5, 5.41) is 3.21. The molecule has 0 aliphatic carbocycles. The molecule has 0 bridgehead atoms. The molecule has 4 rings (SSSR count). The molecule has 0 spiro atoms. The number of likely N-dealkylation sites (tertiary alicyclic amines) is 1. The summed E-state index contributed by atoms with van der Waals surface area (Å²) in [6.07, 6.45) is 4.90. The van der Waals surface area contributed by atoms with Crippen LogP contribution in [-0.4, -0.2) is 62.9 Å². The zero-order valence-electron chi connectivity index (χ0n) is 23.4. The Hall–Kier alpha value is -3.52. The van der Waals surface area contributed by atoms with Gasteiger partial charge in [-0.2, -0.15) is 0 Å². The quantitative estimate of drug-likeness (QED) is 0.255. The van der Waals surface area contributed by atoms with Crippen molar-refractivity contribution in [2.24, 2.45) is 9.98 Å². The maximum Gasteiger partial charge on any atom is 0.222 e. The predicted molar refractivity (Wildman–Crippen MR) is 158 cm³/mol. The van der Waals surface area contributed by atoms with Crippen molar-refractivity contribution in [3.63, 3.8) is 0 Å². The second-order valence-corrected chi connectivity index (χ2v) is 10.5. The molecule has 2 aromatic carbocycles. The number of piperidine rings is 1. The zero-order valence-corrected chi connectivity index (χ0v) is 23.4. The van der Waals surface area contributed by atoms with Crippen LogP contribution < -0.4 is 15.0 Å². The van der Waals surface area contributed by atoms with Crippen molar-refractivity contribution in [1.29, 1.82) is 0 Å². The number of fused-ring (bicyclic) bond motifs is 1. The maximum atomic E-state index is 15.1. The first-order chi connectivity index (χ1) is 18.7. The molecule has 208 valence electrons. The minimum absolute atomic E-state index is 0.0895. The third-order valence-corrected chi connectivity index (χ3v) is 7.42. The van der Waals surface area contributed by atoms with Crippen LogP contribution in [0, 0.1) is 5.82 Å². The zero-order chi connectivity index (χ0) is 28.1. The minimum Gasteiger partial charge on any atom is -0.486 e. The fourth-order valence-corrected chi connectivity index (χ4v) is 5.36. The Kier molecular flexibility index (Phi) is 9.17. The second-order valence-electron chi connectivity index (χ2n) is 10.5. The first-order valence-corrected chi connectivity index (χ1v) is 13.5. The Morgan fingerprint density at radius 2 is 1.95 bits per heavy atom. The molecule has 0 radical (unpaired) electrons. The van der Waals surface area contributed by atoms with E-state index in [2.05, 4.69) is 52.5 Å². The van der Waals surface area contributed by atoms with E-state index in [0.717, 1.165) is 38.0 Å². The second kappa shape index (κ2) is 12.6. The van der Waals surface area contributed by atoms with Gasteiger partial charge in [0, 0.05) is 24.3 Å². The topological polar surface area (TPSA) is 52.5 Å². The van der Waals surface area contributed by atoms with Crippen molar-refractivity contribution in [3.05, 3.63) is 77.9 Å². The van der Waals surface area contributed by atoms with E-state index in [4.69, 9.17) is 4.74 Å². The number of aliphatic imine (C=N–C) groups is 2. The molecule has 2 heterocycles. The smallest absolute Gasteiger partial charge is 0.222 e. The Morgan fingerprint density at radius 3 is 2.59 bits per heavy atom. The lowest BCUT2D eigenvalue weighted by molar-refractivity contribution is 0.255. The van der Waals surface area contributed by atoms with Gasteiger partial charge in [0.2, 0.25) is 5.96 Å². The van der Waals surface area contributed by atoms with Crippen molar-refractivity contribution < 1.29 is 13.5 Å². The van der Waals surface area contributed by atoms with Crippen molar-refractivity contribution in [2.75, 3.05) is 50.6 Å². The lowest BCUT2D eigenvalue weighted by Gasteiger charge is -2.34. The Bertz CT molecular complexity index is 1280. The normalized spacial score (nSPS) is 17.2. The standard InChI is InChI=1S/C31H39F2N5O/c1-7-8-23-17-25(9-10-26(23)22-11-13-37(6)14-12-22)35-31(34-5)36-29(21(4)32)24-18-27(33)30-28(19-24)38(20(2)3)15-16-39-30/h7,9-10,17-20,22H,1,4,8,11-16H2,2-3,5-6H3,(H,34,35). The molecule has 39 heavy (non-hydrogen) atoms. The number of allylic oxidation sites excluding steroid dienone is 2. The minimum atomic E-state index is -0.782. The molecule has 0 saturated carbocycles. The van der Waals surface area contributed by atoms with Crippen LogP contribution in [0.5, 0.6) is 5.75 Å². The number of rotatable bonds is 7. The summed E-state index contributed by atoms with van der Waals surface area (Å²) in [7, 11) is 3.73. The van der Waals surface area contributed by atoms with Gasteiger partial charge in [-0.3, -0.25) is 4.99 Å². The van der Waals surface area contributed by atoms with Gasteiger partial charge in [0.05, 0.1) is 12.2 Å². The molecular formula is C31H39F2N5O. The average Bonchev–Trinajstić information content (AvgIpc) is 2.91. The first kappa shape index (κ1) is 28.5. The number of hydrogen-bond donors (Lipinski definition) is 1. The molecular weight excluding hydrogens is 496 g/mol. The van der Waals surface area contributed by atoms with Crippen LogP contribution in [0.4, 0.5) is 20.2 Å². The number of nitrogens with one attached hydrogen (secondary N) is 1. The van der Waals surface area contributed by atoms with Gasteiger partial charge in [0.25, 0.3) is 0 Å². The SMILES string of the molecule is C=CCc1cc(NC(=NC)N=C(C(=C)F)c2cc(F)c3c(c2)N(C(C)C)CCO3)ccc1C1CCN(C)CC1. The maximum absolute atomic E-state index is 15.1. The van der Waals surface area contributed by atoms with Gasteiger partial charge < -0.3 is 19.9 Å². The number of hydrogen-bond acceptors (Lipinski definition) is 4. The van der Waals surface area contributed by atoms with Crippen LogP contribution in [-0.2, 0) is 6.42 Å². The van der Waals surface area contributed by atoms with Gasteiger partial charge in [-0.25, -0.2) is 13.8 Å². The number of anilines is 2. The number of nitrogens with zero attached hydrogens (tertiary/aromatic N) is 4. The van der Waals surface area contributed by atoms with Crippen LogP contribution in [0.15, 0.2) is 65.4 Å². The lowest BCUT2D eigenvalue weighted by atomic mass is 9.85. The van der Waals surface area contributed by atoms with Crippen LogP contribution in [0.1, 0.15) is 49.3 Å². The van der Waals surface area contributed by atoms with Gasteiger partial charge in [0.1, 0.15) is 18.1 Å². The molecule has 2 aliphatic heterocycles. The monoisotopic (exact) mass is 535 g/mol. The van der Waals surface area contributed by atoms with Gasteiger partial charge in [0.15, 0.2) is 11.6 Å². The van der Waals surface area contributed by atoms with Crippen molar-refractivity contribution in [1.82, 2.24) is 4.90 Å². The number of benzene rings is 2. The molecule has 0 atom stereocenters. The van der Waals surface area contributed by atoms with E-state index in [1.54, 1.807) is 13.1 Å². The largest absolute Gasteiger partial charge is 0.486 e. The van der Waals surface area contributed by atoms with Gasteiger partial charge >= 0.3 is 0 Å². The van der Waals surface area contributed by atoms with Gasteiger partial charge in [-0.1, -0.05) is 18.7 Å². The average molecular weight is 536 g/mol. The molecule has 1 saturated heterocycles.